The lowest BCUT2D eigenvalue weighted by Gasteiger charge is -2.28. The fourth-order valence-corrected chi connectivity index (χ4v) is 3.24. The number of rotatable bonds is 4. The molecule has 1 aliphatic rings. The number of ether oxygens (including phenoxy) is 1. The van der Waals surface area contributed by atoms with Crippen LogP contribution in [-0.4, -0.2) is 52.7 Å². The summed E-state index contributed by atoms with van der Waals surface area (Å²) in [6.07, 6.45) is 4.38. The number of morpholine rings is 1. The van der Waals surface area contributed by atoms with Crippen LogP contribution in [0, 0.1) is 12.3 Å². The zero-order valence-corrected chi connectivity index (χ0v) is 15.1. The molecule has 138 valence electrons. The van der Waals surface area contributed by atoms with Gasteiger partial charge in [0.15, 0.2) is 0 Å². The largest absolute Gasteiger partial charge is 0.397 e. The highest BCUT2D eigenvalue weighted by atomic mass is 16.5. The number of nitrogens with zero attached hydrogens (tertiary/aromatic N) is 4. The molecule has 8 nitrogen and oxygen atoms in total. The maximum atomic E-state index is 7.31. The Kier molecular flexibility index (Phi) is 4.55. The predicted molar refractivity (Wildman–Crippen MR) is 106 cm³/mol. The Morgan fingerprint density at radius 3 is 2.85 bits per heavy atom. The van der Waals surface area contributed by atoms with Crippen LogP contribution in [0.2, 0.25) is 0 Å². The SMILES string of the molecule is Cc1cc(-c2cc(N3CCOCC3)nc3c(/C(N)=C/C=N)nccc23)n[nH]1. The van der Waals surface area contributed by atoms with Gasteiger partial charge in [0.2, 0.25) is 0 Å². The van der Waals surface area contributed by atoms with E-state index in [-0.39, 0.29) is 0 Å². The number of anilines is 1. The lowest BCUT2D eigenvalue weighted by Crippen LogP contribution is -2.36. The Morgan fingerprint density at radius 2 is 2.15 bits per heavy atom. The van der Waals surface area contributed by atoms with Crippen LogP contribution in [0.5, 0.6) is 0 Å². The van der Waals surface area contributed by atoms with Crippen molar-refractivity contribution in [3.63, 3.8) is 0 Å². The Hall–Kier alpha value is -3.26. The van der Waals surface area contributed by atoms with Crippen molar-refractivity contribution in [1.29, 1.82) is 5.41 Å². The van der Waals surface area contributed by atoms with E-state index in [1.807, 2.05) is 19.1 Å². The molecule has 0 radical (unpaired) electrons. The minimum Gasteiger partial charge on any atom is -0.397 e. The van der Waals surface area contributed by atoms with Crippen molar-refractivity contribution < 1.29 is 4.74 Å². The van der Waals surface area contributed by atoms with Gasteiger partial charge in [0.05, 0.1) is 24.6 Å². The van der Waals surface area contributed by atoms with E-state index in [2.05, 4.69) is 26.1 Å². The zero-order chi connectivity index (χ0) is 18.8. The van der Waals surface area contributed by atoms with E-state index in [1.165, 1.54) is 6.08 Å². The maximum absolute atomic E-state index is 7.31. The van der Waals surface area contributed by atoms with Crippen LogP contribution in [-0.2, 0) is 4.74 Å². The highest BCUT2D eigenvalue weighted by Crippen LogP contribution is 2.32. The molecule has 0 aromatic carbocycles. The Balaban J connectivity index is 1.98. The zero-order valence-electron chi connectivity index (χ0n) is 15.1. The summed E-state index contributed by atoms with van der Waals surface area (Å²) < 4.78 is 5.47. The summed E-state index contributed by atoms with van der Waals surface area (Å²) in [6.45, 7) is 4.87. The quantitative estimate of drug-likeness (QED) is 0.611. The van der Waals surface area contributed by atoms with E-state index in [1.54, 1.807) is 6.20 Å². The molecule has 27 heavy (non-hydrogen) atoms. The third kappa shape index (κ3) is 3.26. The first-order chi connectivity index (χ1) is 13.2. The van der Waals surface area contributed by atoms with Crippen LogP contribution < -0.4 is 10.6 Å². The second-order valence-corrected chi connectivity index (χ2v) is 6.41. The van der Waals surface area contributed by atoms with Crippen LogP contribution in [0.15, 0.2) is 30.5 Å². The van der Waals surface area contributed by atoms with Crippen molar-refractivity contribution in [2.75, 3.05) is 31.2 Å². The highest BCUT2D eigenvalue weighted by Gasteiger charge is 2.19. The maximum Gasteiger partial charge on any atom is 0.130 e. The van der Waals surface area contributed by atoms with E-state index >= 15 is 0 Å². The van der Waals surface area contributed by atoms with Crippen molar-refractivity contribution in [3.8, 4) is 11.3 Å². The Morgan fingerprint density at radius 1 is 1.33 bits per heavy atom. The number of aromatic nitrogens is 4. The number of pyridine rings is 2. The third-order valence-electron chi connectivity index (χ3n) is 4.57. The lowest BCUT2D eigenvalue weighted by molar-refractivity contribution is 0.122. The molecule has 0 aliphatic carbocycles. The number of aromatic amines is 1. The number of fused-ring (bicyclic) bond motifs is 1. The molecule has 8 heteroatoms. The number of hydrogen-bond acceptors (Lipinski definition) is 7. The average molecular weight is 363 g/mol. The smallest absolute Gasteiger partial charge is 0.130 e. The highest BCUT2D eigenvalue weighted by molar-refractivity contribution is 6.00. The Bertz CT molecular complexity index is 1020. The van der Waals surface area contributed by atoms with Gasteiger partial charge < -0.3 is 20.8 Å². The molecule has 0 spiro atoms. The molecule has 1 saturated heterocycles. The summed E-state index contributed by atoms with van der Waals surface area (Å²) in [4.78, 5) is 11.5. The molecule has 1 aliphatic heterocycles. The number of nitrogens with two attached hydrogens (primary N) is 1. The molecule has 3 aromatic heterocycles. The predicted octanol–water partition coefficient (Wildman–Crippen LogP) is 2.11. The van der Waals surface area contributed by atoms with Crippen LogP contribution >= 0.6 is 0 Å². The van der Waals surface area contributed by atoms with Crippen molar-refractivity contribution in [3.05, 3.63) is 41.9 Å². The molecule has 4 heterocycles. The summed E-state index contributed by atoms with van der Waals surface area (Å²) in [5.74, 6) is 0.846. The van der Waals surface area contributed by atoms with Gasteiger partial charge in [-0.05, 0) is 31.2 Å². The summed E-state index contributed by atoms with van der Waals surface area (Å²) in [5.41, 5.74) is 10.6. The van der Waals surface area contributed by atoms with Gasteiger partial charge in [-0.15, -0.1) is 0 Å². The fraction of sp³-hybridized carbons (Fsp3) is 0.263. The molecule has 3 aromatic rings. The normalized spacial score (nSPS) is 15.3. The van der Waals surface area contributed by atoms with Gasteiger partial charge in [-0.2, -0.15) is 5.10 Å². The van der Waals surface area contributed by atoms with Gasteiger partial charge >= 0.3 is 0 Å². The number of allylic oxidation sites excluding steroid dienone is 1. The molecular formula is C19H21N7O. The summed E-state index contributed by atoms with van der Waals surface area (Å²) >= 11 is 0. The van der Waals surface area contributed by atoms with Gasteiger partial charge in [-0.1, -0.05) is 0 Å². The van der Waals surface area contributed by atoms with Gasteiger partial charge in [0, 0.05) is 42.1 Å². The van der Waals surface area contributed by atoms with Gasteiger partial charge in [-0.25, -0.2) is 4.98 Å². The second-order valence-electron chi connectivity index (χ2n) is 6.41. The van der Waals surface area contributed by atoms with Gasteiger partial charge in [0.1, 0.15) is 17.0 Å². The molecule has 4 N–H and O–H groups in total. The standard InChI is InChI=1S/C19H21N7O/c1-12-10-16(25-24-12)14-11-17(26-6-8-27-9-7-26)23-18-13(14)3-5-22-19(18)15(21)2-4-20/h2-5,10-11,20H,6-9,21H2,1H3,(H,24,25)/b15-2-,20-4?. The third-order valence-corrected chi connectivity index (χ3v) is 4.57. The monoisotopic (exact) mass is 363 g/mol. The van der Waals surface area contributed by atoms with Crippen LogP contribution in [0.1, 0.15) is 11.4 Å². The minimum absolute atomic E-state index is 0.409. The number of aryl methyl sites for hydroxylation is 1. The molecule has 0 amide bonds. The van der Waals surface area contributed by atoms with Crippen LogP contribution in [0.3, 0.4) is 0 Å². The van der Waals surface area contributed by atoms with Crippen molar-refractivity contribution in [1.82, 2.24) is 20.2 Å². The summed E-state index contributed by atoms with van der Waals surface area (Å²) in [6, 6.07) is 5.99. The average Bonchev–Trinajstić information content (AvgIpc) is 3.13. The first kappa shape index (κ1) is 17.2. The van der Waals surface area contributed by atoms with Crippen molar-refractivity contribution >= 4 is 28.6 Å². The minimum atomic E-state index is 0.409. The molecular weight excluding hydrogens is 342 g/mol. The first-order valence-corrected chi connectivity index (χ1v) is 8.79. The van der Waals surface area contributed by atoms with Gasteiger partial charge in [-0.3, -0.25) is 10.1 Å². The van der Waals surface area contributed by atoms with Crippen LogP contribution in [0.4, 0.5) is 5.82 Å². The lowest BCUT2D eigenvalue weighted by atomic mass is 10.0. The van der Waals surface area contributed by atoms with E-state index in [0.29, 0.717) is 30.1 Å². The summed E-state index contributed by atoms with van der Waals surface area (Å²) in [7, 11) is 0. The van der Waals surface area contributed by atoms with E-state index < -0.39 is 0 Å². The van der Waals surface area contributed by atoms with Crippen LogP contribution in [0.25, 0.3) is 27.9 Å². The molecule has 0 unspecified atom stereocenters. The fourth-order valence-electron chi connectivity index (χ4n) is 3.24. The summed E-state index contributed by atoms with van der Waals surface area (Å²) in [5, 5.41) is 15.7. The van der Waals surface area contributed by atoms with E-state index in [4.69, 9.17) is 20.9 Å². The molecule has 0 atom stereocenters. The second kappa shape index (κ2) is 7.16. The Labute approximate surface area is 156 Å². The number of H-pyrrole nitrogens is 1. The van der Waals surface area contributed by atoms with Crippen molar-refractivity contribution in [2.24, 2.45) is 5.73 Å². The molecule has 0 saturated carbocycles. The van der Waals surface area contributed by atoms with E-state index in [9.17, 15) is 0 Å². The number of hydrogen-bond donors (Lipinski definition) is 3. The van der Waals surface area contributed by atoms with Crippen molar-refractivity contribution in [2.45, 2.75) is 6.92 Å². The molecule has 1 fully saturated rings. The van der Waals surface area contributed by atoms with E-state index in [0.717, 1.165) is 47.5 Å². The topological polar surface area (TPSA) is 117 Å². The number of nitrogens with one attached hydrogen (secondary N) is 2. The molecule has 0 bridgehead atoms. The first-order valence-electron chi connectivity index (χ1n) is 8.79. The molecule has 4 rings (SSSR count). The van der Waals surface area contributed by atoms with Gasteiger partial charge in [0.25, 0.3) is 0 Å².